The predicted octanol–water partition coefficient (Wildman–Crippen LogP) is 5.45. The van der Waals surface area contributed by atoms with Gasteiger partial charge in [-0.1, -0.05) is 52.7 Å². The maximum atomic E-state index is 13.4. The van der Waals surface area contributed by atoms with E-state index in [0.717, 1.165) is 24.0 Å². The monoisotopic (exact) mass is 224 g/mol. The van der Waals surface area contributed by atoms with Crippen LogP contribution in [0.2, 0.25) is 0 Å². The van der Waals surface area contributed by atoms with E-state index in [1.807, 2.05) is 19.1 Å². The molecule has 0 aromatic heterocycles. The second-order valence-electron chi connectivity index (χ2n) is 4.42. The molecular weight excluding hydrogens is 199 g/mol. The van der Waals surface area contributed by atoms with Crippen molar-refractivity contribution >= 4 is 0 Å². The second-order valence-corrected chi connectivity index (χ2v) is 4.42. The summed E-state index contributed by atoms with van der Waals surface area (Å²) in [7, 11) is 0. The third-order valence-electron chi connectivity index (χ3n) is 2.41. The summed E-state index contributed by atoms with van der Waals surface area (Å²) in [4.78, 5) is 0. The molecule has 0 heterocycles. The van der Waals surface area contributed by atoms with Gasteiger partial charge in [0, 0.05) is 0 Å². The summed E-state index contributed by atoms with van der Waals surface area (Å²) >= 11 is 0. The number of hydrogen-bond donors (Lipinski definition) is 0. The van der Waals surface area contributed by atoms with Crippen molar-refractivity contribution in [2.24, 2.45) is 0 Å². The molecule has 0 nitrogen and oxygen atoms in total. The highest BCUT2D eigenvalue weighted by atomic mass is 19.1. The van der Waals surface area contributed by atoms with Gasteiger partial charge in [0.15, 0.2) is 0 Å². The predicted molar refractivity (Wildman–Crippen MR) is 70.4 cm³/mol. The van der Waals surface area contributed by atoms with Crippen LogP contribution in [0.3, 0.4) is 0 Å². The van der Waals surface area contributed by atoms with Crippen LogP contribution in [0.4, 0.5) is 4.39 Å². The Kier molecular flexibility index (Phi) is 7.88. The molecule has 16 heavy (non-hydrogen) atoms. The zero-order chi connectivity index (χ0) is 12.6. The zero-order valence-electron chi connectivity index (χ0n) is 11.3. The van der Waals surface area contributed by atoms with Gasteiger partial charge in [-0.05, 0) is 36.5 Å². The van der Waals surface area contributed by atoms with E-state index in [4.69, 9.17) is 0 Å². The highest BCUT2D eigenvalue weighted by Crippen LogP contribution is 2.23. The van der Waals surface area contributed by atoms with Crippen LogP contribution >= 0.6 is 0 Å². The standard InChI is InChI=1S/C12H17F.C3H8/c1-4-5-10(3)11-7-6-9(2)8-12(11)13;1-3-2/h6-8,10H,4-5H2,1-3H3;3H2,1-2H3. The number of hydrogen-bond acceptors (Lipinski definition) is 0. The molecular formula is C15H25F. The van der Waals surface area contributed by atoms with Crippen LogP contribution in [0.5, 0.6) is 0 Å². The van der Waals surface area contributed by atoms with Crippen molar-refractivity contribution in [3.8, 4) is 0 Å². The molecule has 0 saturated heterocycles. The maximum absolute atomic E-state index is 13.4. The lowest BCUT2D eigenvalue weighted by Gasteiger charge is -2.11. The Bertz CT molecular complexity index is 291. The molecule has 0 amide bonds. The minimum atomic E-state index is -0.0547. The molecule has 0 fully saturated rings. The molecule has 0 aliphatic heterocycles. The molecule has 1 rings (SSSR count). The molecule has 0 aliphatic carbocycles. The first kappa shape index (κ1) is 15.2. The van der Waals surface area contributed by atoms with E-state index in [0.29, 0.717) is 5.92 Å². The maximum Gasteiger partial charge on any atom is 0.126 e. The Hall–Kier alpha value is -0.850. The fourth-order valence-corrected chi connectivity index (χ4v) is 1.62. The van der Waals surface area contributed by atoms with Gasteiger partial charge in [0.2, 0.25) is 0 Å². The van der Waals surface area contributed by atoms with Gasteiger partial charge in [-0.3, -0.25) is 0 Å². The summed E-state index contributed by atoms with van der Waals surface area (Å²) in [6, 6.07) is 5.50. The molecule has 1 aromatic carbocycles. The van der Waals surface area contributed by atoms with Crippen molar-refractivity contribution in [1.29, 1.82) is 0 Å². The Morgan fingerprint density at radius 3 is 2.19 bits per heavy atom. The third-order valence-corrected chi connectivity index (χ3v) is 2.41. The molecule has 1 unspecified atom stereocenters. The topological polar surface area (TPSA) is 0 Å². The van der Waals surface area contributed by atoms with Gasteiger partial charge in [-0.25, -0.2) is 4.39 Å². The summed E-state index contributed by atoms with van der Waals surface area (Å²) in [5.74, 6) is 0.284. The molecule has 0 N–H and O–H groups in total. The van der Waals surface area contributed by atoms with Gasteiger partial charge in [-0.15, -0.1) is 0 Å². The van der Waals surface area contributed by atoms with Crippen LogP contribution in [0.1, 0.15) is 64.0 Å². The van der Waals surface area contributed by atoms with Gasteiger partial charge in [0.05, 0.1) is 0 Å². The fourth-order valence-electron chi connectivity index (χ4n) is 1.62. The van der Waals surface area contributed by atoms with E-state index in [1.54, 1.807) is 6.07 Å². The molecule has 0 radical (unpaired) electrons. The normalized spacial score (nSPS) is 11.6. The molecule has 92 valence electrons. The first-order chi connectivity index (χ1) is 7.56. The SMILES string of the molecule is CCC.CCCC(C)c1ccc(C)cc1F. The summed E-state index contributed by atoms with van der Waals surface area (Å²) in [6.07, 6.45) is 3.41. The zero-order valence-corrected chi connectivity index (χ0v) is 11.3. The van der Waals surface area contributed by atoms with Crippen LogP contribution in [0.25, 0.3) is 0 Å². The highest BCUT2D eigenvalue weighted by molar-refractivity contribution is 5.25. The Morgan fingerprint density at radius 2 is 1.75 bits per heavy atom. The summed E-state index contributed by atoms with van der Waals surface area (Å²) in [6.45, 7) is 10.4. The van der Waals surface area contributed by atoms with Crippen LogP contribution in [0.15, 0.2) is 18.2 Å². The van der Waals surface area contributed by atoms with E-state index >= 15 is 0 Å². The van der Waals surface area contributed by atoms with Gasteiger partial charge in [0.1, 0.15) is 5.82 Å². The Morgan fingerprint density at radius 1 is 1.19 bits per heavy atom. The van der Waals surface area contributed by atoms with Crippen LogP contribution in [-0.2, 0) is 0 Å². The molecule has 1 aromatic rings. The number of rotatable bonds is 3. The van der Waals surface area contributed by atoms with E-state index in [2.05, 4.69) is 27.7 Å². The minimum Gasteiger partial charge on any atom is -0.207 e. The lowest BCUT2D eigenvalue weighted by atomic mass is 9.95. The van der Waals surface area contributed by atoms with Crippen molar-refractivity contribution in [3.05, 3.63) is 35.1 Å². The summed E-state index contributed by atoms with van der Waals surface area (Å²) in [5, 5.41) is 0. The molecule has 0 spiro atoms. The van der Waals surface area contributed by atoms with Crippen molar-refractivity contribution < 1.29 is 4.39 Å². The highest BCUT2D eigenvalue weighted by Gasteiger charge is 2.09. The quantitative estimate of drug-likeness (QED) is 0.640. The first-order valence-electron chi connectivity index (χ1n) is 6.32. The molecule has 0 saturated carbocycles. The molecule has 0 bridgehead atoms. The number of halogens is 1. The second kappa shape index (κ2) is 8.32. The van der Waals surface area contributed by atoms with Gasteiger partial charge in [-0.2, -0.15) is 0 Å². The third kappa shape index (κ3) is 5.29. The Labute approximate surface area is 99.9 Å². The lowest BCUT2D eigenvalue weighted by molar-refractivity contribution is 0.570. The van der Waals surface area contributed by atoms with Gasteiger partial charge < -0.3 is 0 Å². The van der Waals surface area contributed by atoms with Crippen molar-refractivity contribution in [1.82, 2.24) is 0 Å². The van der Waals surface area contributed by atoms with Crippen LogP contribution < -0.4 is 0 Å². The Balaban J connectivity index is 0.000000673. The van der Waals surface area contributed by atoms with E-state index < -0.39 is 0 Å². The molecule has 1 atom stereocenters. The number of aryl methyl sites for hydroxylation is 1. The summed E-state index contributed by atoms with van der Waals surface area (Å²) < 4.78 is 13.4. The molecule has 1 heteroatoms. The largest absolute Gasteiger partial charge is 0.207 e. The number of benzene rings is 1. The first-order valence-corrected chi connectivity index (χ1v) is 6.32. The smallest absolute Gasteiger partial charge is 0.126 e. The van der Waals surface area contributed by atoms with Crippen LogP contribution in [-0.4, -0.2) is 0 Å². The van der Waals surface area contributed by atoms with Crippen molar-refractivity contribution in [3.63, 3.8) is 0 Å². The van der Waals surface area contributed by atoms with Gasteiger partial charge in [0.25, 0.3) is 0 Å². The average Bonchev–Trinajstić information content (AvgIpc) is 2.18. The van der Waals surface area contributed by atoms with Crippen molar-refractivity contribution in [2.75, 3.05) is 0 Å². The van der Waals surface area contributed by atoms with Crippen molar-refractivity contribution in [2.45, 2.75) is 59.8 Å². The lowest BCUT2D eigenvalue weighted by Crippen LogP contribution is -1.97. The van der Waals surface area contributed by atoms with E-state index in [-0.39, 0.29) is 5.82 Å². The van der Waals surface area contributed by atoms with Gasteiger partial charge >= 0.3 is 0 Å². The average molecular weight is 224 g/mol. The van der Waals surface area contributed by atoms with Crippen LogP contribution in [0, 0.1) is 12.7 Å². The fraction of sp³-hybridized carbons (Fsp3) is 0.600. The van der Waals surface area contributed by atoms with E-state index in [9.17, 15) is 4.39 Å². The molecule has 0 aliphatic rings. The minimum absolute atomic E-state index is 0.0547. The summed E-state index contributed by atoms with van der Waals surface area (Å²) in [5.41, 5.74) is 1.84. The van der Waals surface area contributed by atoms with E-state index in [1.165, 1.54) is 6.42 Å².